The minimum absolute atomic E-state index is 0.131. The molecule has 194 valence electrons. The van der Waals surface area contributed by atoms with Crippen LogP contribution < -0.4 is 5.32 Å². The van der Waals surface area contributed by atoms with E-state index < -0.39 is 6.04 Å². The van der Waals surface area contributed by atoms with E-state index in [1.165, 1.54) is 0 Å². The quantitative estimate of drug-likeness (QED) is 0.285. The number of nitrogens with one attached hydrogen (secondary N) is 1. The summed E-state index contributed by atoms with van der Waals surface area (Å²) in [5, 5.41) is 4.83. The van der Waals surface area contributed by atoms with E-state index in [2.05, 4.69) is 5.32 Å². The minimum atomic E-state index is -0.687. The Kier molecular flexibility index (Phi) is 9.90. The summed E-state index contributed by atoms with van der Waals surface area (Å²) in [5.41, 5.74) is 2.63. The van der Waals surface area contributed by atoms with Crippen LogP contribution in [0.2, 0.25) is 15.1 Å². The highest BCUT2D eigenvalue weighted by molar-refractivity contribution is 6.35. The second-order valence-electron chi connectivity index (χ2n) is 9.54. The summed E-state index contributed by atoms with van der Waals surface area (Å²) in [6.45, 7) is 0.201. The van der Waals surface area contributed by atoms with E-state index in [1.54, 1.807) is 17.0 Å². The molecule has 7 heteroatoms. The maximum Gasteiger partial charge on any atom is 0.243 e. The van der Waals surface area contributed by atoms with Gasteiger partial charge in [0.05, 0.1) is 0 Å². The van der Waals surface area contributed by atoms with Crippen molar-refractivity contribution >= 4 is 46.6 Å². The molecule has 0 aromatic heterocycles. The van der Waals surface area contributed by atoms with E-state index in [9.17, 15) is 9.59 Å². The number of hydrogen-bond donors (Lipinski definition) is 1. The van der Waals surface area contributed by atoms with Crippen molar-refractivity contribution < 1.29 is 9.59 Å². The molecule has 1 atom stereocenters. The Balaban J connectivity index is 1.64. The predicted molar refractivity (Wildman–Crippen MR) is 151 cm³/mol. The molecule has 0 spiro atoms. The van der Waals surface area contributed by atoms with Gasteiger partial charge in [-0.1, -0.05) is 102 Å². The molecule has 1 aliphatic carbocycles. The monoisotopic (exact) mass is 556 g/mol. The van der Waals surface area contributed by atoms with Crippen molar-refractivity contribution in [2.24, 2.45) is 0 Å². The first-order valence-electron chi connectivity index (χ1n) is 12.7. The number of amides is 2. The Morgan fingerprint density at radius 1 is 0.865 bits per heavy atom. The number of carbonyl (C=O) groups is 2. The molecule has 1 saturated carbocycles. The molecule has 4 nitrogen and oxygen atoms in total. The molecule has 1 N–H and O–H groups in total. The van der Waals surface area contributed by atoms with Gasteiger partial charge in [-0.25, -0.2) is 0 Å². The summed E-state index contributed by atoms with van der Waals surface area (Å²) in [4.78, 5) is 29.2. The molecule has 4 rings (SSSR count). The lowest BCUT2D eigenvalue weighted by atomic mass is 10.0. The van der Waals surface area contributed by atoms with Gasteiger partial charge in [0.25, 0.3) is 0 Å². The second kappa shape index (κ2) is 13.3. The molecule has 0 heterocycles. The first kappa shape index (κ1) is 27.5. The van der Waals surface area contributed by atoms with Crippen LogP contribution >= 0.6 is 34.8 Å². The van der Waals surface area contributed by atoms with Crippen molar-refractivity contribution in [3.63, 3.8) is 0 Å². The molecule has 3 aromatic carbocycles. The van der Waals surface area contributed by atoms with Gasteiger partial charge in [-0.2, -0.15) is 0 Å². The Labute approximate surface area is 233 Å². The molecule has 3 aromatic rings. The number of rotatable bonds is 10. The largest absolute Gasteiger partial charge is 0.352 e. The summed E-state index contributed by atoms with van der Waals surface area (Å²) < 4.78 is 0. The molecule has 1 fully saturated rings. The molecular formula is C30H31Cl3N2O2. The van der Waals surface area contributed by atoms with Crippen LogP contribution in [0.25, 0.3) is 0 Å². The molecule has 0 aliphatic heterocycles. The van der Waals surface area contributed by atoms with Gasteiger partial charge in [0.15, 0.2) is 0 Å². The third-order valence-corrected chi connectivity index (χ3v) is 7.85. The summed E-state index contributed by atoms with van der Waals surface area (Å²) in [5.74, 6) is -0.264. The fourth-order valence-corrected chi connectivity index (χ4v) is 5.54. The highest BCUT2D eigenvalue weighted by Crippen LogP contribution is 2.26. The van der Waals surface area contributed by atoms with Gasteiger partial charge < -0.3 is 10.2 Å². The molecule has 0 saturated heterocycles. The number of benzene rings is 3. The summed E-state index contributed by atoms with van der Waals surface area (Å²) in [6, 6.07) is 22.0. The van der Waals surface area contributed by atoms with Gasteiger partial charge in [-0.15, -0.1) is 0 Å². The Morgan fingerprint density at radius 2 is 1.57 bits per heavy atom. The number of aryl methyl sites for hydroxylation is 1. The zero-order valence-corrected chi connectivity index (χ0v) is 22.9. The van der Waals surface area contributed by atoms with Gasteiger partial charge >= 0.3 is 0 Å². The minimum Gasteiger partial charge on any atom is -0.352 e. The molecule has 2 amide bonds. The maximum absolute atomic E-state index is 13.8. The van der Waals surface area contributed by atoms with E-state index in [0.717, 1.165) is 42.4 Å². The normalized spacial score (nSPS) is 14.4. The first-order chi connectivity index (χ1) is 17.9. The van der Waals surface area contributed by atoms with Gasteiger partial charge in [0.2, 0.25) is 11.8 Å². The lowest BCUT2D eigenvalue weighted by Crippen LogP contribution is -2.52. The van der Waals surface area contributed by atoms with Crippen LogP contribution in [0.1, 0.15) is 48.8 Å². The fraction of sp³-hybridized carbons (Fsp3) is 0.333. The standard InChI is InChI=1S/C30H31Cl3N2O2/c31-24-16-14-23(27(33)19-24)20-35(29(36)17-15-22-10-4-7-13-26(22)32)28(18-21-8-2-1-3-9-21)30(37)34-25-11-5-6-12-25/h1-4,7-10,13-14,16,19,25,28H,5-6,11-12,15,17-18,20H2,(H,34,37)/t28-/m1/s1. The van der Waals surface area contributed by atoms with Crippen molar-refractivity contribution in [1.29, 1.82) is 0 Å². The lowest BCUT2D eigenvalue weighted by Gasteiger charge is -2.32. The highest BCUT2D eigenvalue weighted by atomic mass is 35.5. The summed E-state index contributed by atoms with van der Waals surface area (Å²) in [7, 11) is 0. The van der Waals surface area contributed by atoms with Crippen LogP contribution in [0.5, 0.6) is 0 Å². The topological polar surface area (TPSA) is 49.4 Å². The first-order valence-corrected chi connectivity index (χ1v) is 13.8. The van der Waals surface area contributed by atoms with Crippen molar-refractivity contribution in [3.05, 3.63) is 105 Å². The second-order valence-corrected chi connectivity index (χ2v) is 10.8. The van der Waals surface area contributed by atoms with E-state index in [4.69, 9.17) is 34.8 Å². The zero-order chi connectivity index (χ0) is 26.2. The van der Waals surface area contributed by atoms with Crippen molar-refractivity contribution in [3.8, 4) is 0 Å². The van der Waals surface area contributed by atoms with Gasteiger partial charge in [-0.05, 0) is 54.2 Å². The Hall–Kier alpha value is -2.53. The van der Waals surface area contributed by atoms with Crippen molar-refractivity contribution in [2.45, 2.75) is 63.6 Å². The van der Waals surface area contributed by atoms with Gasteiger partial charge in [0, 0.05) is 40.5 Å². The summed E-state index contributed by atoms with van der Waals surface area (Å²) in [6.07, 6.45) is 5.25. The fourth-order valence-electron chi connectivity index (χ4n) is 4.84. The van der Waals surface area contributed by atoms with Crippen molar-refractivity contribution in [1.82, 2.24) is 10.2 Å². The van der Waals surface area contributed by atoms with E-state index >= 15 is 0 Å². The van der Waals surface area contributed by atoms with Crippen LogP contribution in [-0.4, -0.2) is 28.8 Å². The predicted octanol–water partition coefficient (Wildman–Crippen LogP) is 7.28. The molecule has 0 bridgehead atoms. The third-order valence-electron chi connectivity index (χ3n) is 6.89. The molecule has 1 aliphatic rings. The molecule has 37 heavy (non-hydrogen) atoms. The Bertz CT molecular complexity index is 1210. The van der Waals surface area contributed by atoms with Crippen LogP contribution in [0.4, 0.5) is 0 Å². The maximum atomic E-state index is 13.8. The zero-order valence-electron chi connectivity index (χ0n) is 20.6. The third kappa shape index (κ3) is 7.73. The SMILES string of the molecule is O=C(NC1CCCC1)[C@@H](Cc1ccccc1)N(Cc1ccc(Cl)cc1Cl)C(=O)CCc1ccccc1Cl. The number of nitrogens with zero attached hydrogens (tertiary/aromatic N) is 1. The van der Waals surface area contributed by atoms with Crippen LogP contribution in [0.15, 0.2) is 72.8 Å². The number of carbonyl (C=O) groups excluding carboxylic acids is 2. The lowest BCUT2D eigenvalue weighted by molar-refractivity contribution is -0.141. The molecular weight excluding hydrogens is 527 g/mol. The smallest absolute Gasteiger partial charge is 0.243 e. The van der Waals surface area contributed by atoms with Crippen LogP contribution in [-0.2, 0) is 29.0 Å². The average Bonchev–Trinajstić information content (AvgIpc) is 3.40. The van der Waals surface area contributed by atoms with E-state index in [-0.39, 0.29) is 30.8 Å². The van der Waals surface area contributed by atoms with Crippen LogP contribution in [0.3, 0.4) is 0 Å². The van der Waals surface area contributed by atoms with Gasteiger partial charge in [-0.3, -0.25) is 9.59 Å². The summed E-state index contributed by atoms with van der Waals surface area (Å²) >= 11 is 19.0. The van der Waals surface area contributed by atoms with Gasteiger partial charge in [0.1, 0.15) is 6.04 Å². The number of hydrogen-bond acceptors (Lipinski definition) is 2. The van der Waals surface area contributed by atoms with E-state index in [1.807, 2.05) is 60.7 Å². The van der Waals surface area contributed by atoms with Crippen LogP contribution in [0, 0.1) is 0 Å². The average molecular weight is 558 g/mol. The Morgan fingerprint density at radius 3 is 2.27 bits per heavy atom. The van der Waals surface area contributed by atoms with Crippen molar-refractivity contribution in [2.75, 3.05) is 0 Å². The molecule has 0 radical (unpaired) electrons. The highest BCUT2D eigenvalue weighted by Gasteiger charge is 2.32. The van der Waals surface area contributed by atoms with E-state index in [0.29, 0.717) is 27.9 Å². The number of halogens is 3. The molecule has 0 unspecified atom stereocenters.